The Morgan fingerprint density at radius 3 is 2.36 bits per heavy atom. The van der Waals surface area contributed by atoms with E-state index in [0.717, 1.165) is 23.0 Å². The van der Waals surface area contributed by atoms with Crippen LogP contribution in [0.1, 0.15) is 25.2 Å². The molecule has 0 bridgehead atoms. The van der Waals surface area contributed by atoms with Crippen LogP contribution in [0.3, 0.4) is 0 Å². The summed E-state index contributed by atoms with van der Waals surface area (Å²) in [6, 6.07) is 0. The van der Waals surface area contributed by atoms with Gasteiger partial charge in [0.15, 0.2) is 0 Å². The highest BCUT2D eigenvalue weighted by Crippen LogP contribution is 2.24. The van der Waals surface area contributed by atoms with Crippen LogP contribution in [0.2, 0.25) is 5.02 Å². The van der Waals surface area contributed by atoms with Crippen molar-refractivity contribution in [2.75, 3.05) is 13.6 Å². The first-order valence-corrected chi connectivity index (χ1v) is 5.14. The number of halogens is 1. The maximum Gasteiger partial charge on any atom is 0.0844 e. The van der Waals surface area contributed by atoms with E-state index >= 15 is 0 Å². The highest BCUT2D eigenvalue weighted by molar-refractivity contribution is 6.31. The largest absolute Gasteiger partial charge is 0.317 e. The third-order valence-electron chi connectivity index (χ3n) is 2.39. The second-order valence-electron chi connectivity index (χ2n) is 4.24. The molecule has 4 heteroatoms. The monoisotopic (exact) mass is 215 g/mol. The fourth-order valence-corrected chi connectivity index (χ4v) is 1.84. The van der Waals surface area contributed by atoms with Crippen molar-refractivity contribution >= 4 is 11.6 Å². The second kappa shape index (κ2) is 3.91. The van der Waals surface area contributed by atoms with Crippen LogP contribution in [0.15, 0.2) is 0 Å². The Balaban J connectivity index is 3.12. The quantitative estimate of drug-likeness (QED) is 0.837. The zero-order valence-corrected chi connectivity index (χ0v) is 10.2. The summed E-state index contributed by atoms with van der Waals surface area (Å²) >= 11 is 6.10. The summed E-state index contributed by atoms with van der Waals surface area (Å²) in [5, 5.41) is 8.38. The molecular weight excluding hydrogens is 198 g/mol. The van der Waals surface area contributed by atoms with Crippen molar-refractivity contribution in [3.63, 3.8) is 0 Å². The number of nitrogens with one attached hydrogen (secondary N) is 1. The smallest absolute Gasteiger partial charge is 0.0844 e. The second-order valence-corrected chi connectivity index (χ2v) is 4.62. The predicted octanol–water partition coefficient (Wildman–Crippen LogP) is 2.11. The number of hydrogen-bond acceptors (Lipinski definition) is 2. The molecule has 0 amide bonds. The summed E-state index contributed by atoms with van der Waals surface area (Å²) in [6.45, 7) is 9.07. The standard InChI is InChI=1S/C10H18ClN3/c1-7-9(11)8(2)14(13-7)10(3,4)6-12-5/h12H,6H2,1-5H3. The minimum Gasteiger partial charge on any atom is -0.317 e. The lowest BCUT2D eigenvalue weighted by atomic mass is 10.1. The highest BCUT2D eigenvalue weighted by atomic mass is 35.5. The Morgan fingerprint density at radius 1 is 1.43 bits per heavy atom. The zero-order chi connectivity index (χ0) is 10.9. The normalized spacial score (nSPS) is 12.1. The van der Waals surface area contributed by atoms with Crippen molar-refractivity contribution in [1.29, 1.82) is 0 Å². The molecular formula is C10H18ClN3. The predicted molar refractivity (Wildman–Crippen MR) is 60.0 cm³/mol. The minimum absolute atomic E-state index is 0.0449. The molecule has 0 aliphatic rings. The molecule has 0 saturated carbocycles. The average molecular weight is 216 g/mol. The fourth-order valence-electron chi connectivity index (χ4n) is 1.72. The molecule has 1 aromatic rings. The highest BCUT2D eigenvalue weighted by Gasteiger charge is 2.24. The fraction of sp³-hybridized carbons (Fsp3) is 0.700. The van der Waals surface area contributed by atoms with E-state index in [1.54, 1.807) is 0 Å². The van der Waals surface area contributed by atoms with Gasteiger partial charge in [-0.2, -0.15) is 5.10 Å². The molecule has 1 aromatic heterocycles. The van der Waals surface area contributed by atoms with Crippen LogP contribution in [0, 0.1) is 13.8 Å². The van der Waals surface area contributed by atoms with Crippen LogP contribution in [0.25, 0.3) is 0 Å². The average Bonchev–Trinajstić information content (AvgIpc) is 2.33. The molecule has 0 unspecified atom stereocenters. The van der Waals surface area contributed by atoms with E-state index in [1.165, 1.54) is 0 Å². The lowest BCUT2D eigenvalue weighted by molar-refractivity contribution is 0.303. The van der Waals surface area contributed by atoms with Gasteiger partial charge >= 0.3 is 0 Å². The van der Waals surface area contributed by atoms with E-state index < -0.39 is 0 Å². The number of aryl methyl sites for hydroxylation is 1. The number of hydrogen-bond donors (Lipinski definition) is 1. The van der Waals surface area contributed by atoms with E-state index in [4.69, 9.17) is 11.6 Å². The molecule has 0 atom stereocenters. The number of aromatic nitrogens is 2. The van der Waals surface area contributed by atoms with Crippen LogP contribution < -0.4 is 5.32 Å². The minimum atomic E-state index is -0.0449. The van der Waals surface area contributed by atoms with Crippen molar-refractivity contribution in [3.8, 4) is 0 Å². The van der Waals surface area contributed by atoms with Gasteiger partial charge in [-0.3, -0.25) is 4.68 Å². The van der Waals surface area contributed by atoms with Gasteiger partial charge < -0.3 is 5.32 Å². The molecule has 0 fully saturated rings. The van der Waals surface area contributed by atoms with Crippen molar-refractivity contribution in [2.45, 2.75) is 33.2 Å². The Hall–Kier alpha value is -0.540. The van der Waals surface area contributed by atoms with E-state index in [1.807, 2.05) is 25.6 Å². The van der Waals surface area contributed by atoms with Gasteiger partial charge in [0.2, 0.25) is 0 Å². The lowest BCUT2D eigenvalue weighted by Gasteiger charge is -2.26. The van der Waals surface area contributed by atoms with Crippen LogP contribution in [0.5, 0.6) is 0 Å². The van der Waals surface area contributed by atoms with E-state index in [0.29, 0.717) is 0 Å². The van der Waals surface area contributed by atoms with Crippen molar-refractivity contribution in [2.24, 2.45) is 0 Å². The number of likely N-dealkylation sites (N-methyl/N-ethyl adjacent to an activating group) is 1. The maximum atomic E-state index is 6.10. The first-order chi connectivity index (χ1) is 6.40. The Kier molecular flexibility index (Phi) is 3.22. The first-order valence-electron chi connectivity index (χ1n) is 4.77. The Morgan fingerprint density at radius 2 is 2.00 bits per heavy atom. The summed E-state index contributed by atoms with van der Waals surface area (Å²) in [5.41, 5.74) is 1.88. The van der Waals surface area contributed by atoms with Gasteiger partial charge in [0.1, 0.15) is 0 Å². The summed E-state index contributed by atoms with van der Waals surface area (Å²) in [4.78, 5) is 0. The van der Waals surface area contributed by atoms with Crippen LogP contribution >= 0.6 is 11.6 Å². The Labute approximate surface area is 90.4 Å². The molecule has 1 rings (SSSR count). The molecule has 0 aliphatic carbocycles. The van der Waals surface area contributed by atoms with Gasteiger partial charge in [0.25, 0.3) is 0 Å². The van der Waals surface area contributed by atoms with Gasteiger partial charge in [-0.1, -0.05) is 11.6 Å². The maximum absolute atomic E-state index is 6.10. The topological polar surface area (TPSA) is 29.9 Å². The van der Waals surface area contributed by atoms with E-state index in [2.05, 4.69) is 24.3 Å². The van der Waals surface area contributed by atoms with Gasteiger partial charge in [-0.05, 0) is 34.7 Å². The van der Waals surface area contributed by atoms with Crippen molar-refractivity contribution < 1.29 is 0 Å². The van der Waals surface area contributed by atoms with Crippen LogP contribution in [-0.2, 0) is 5.54 Å². The van der Waals surface area contributed by atoms with E-state index in [-0.39, 0.29) is 5.54 Å². The summed E-state index contributed by atoms with van der Waals surface area (Å²) in [6.07, 6.45) is 0. The summed E-state index contributed by atoms with van der Waals surface area (Å²) < 4.78 is 1.99. The van der Waals surface area contributed by atoms with Gasteiger partial charge in [-0.15, -0.1) is 0 Å². The molecule has 0 saturated heterocycles. The first kappa shape index (κ1) is 11.5. The van der Waals surface area contributed by atoms with Gasteiger partial charge in [0, 0.05) is 6.54 Å². The Bertz CT molecular complexity index is 328. The van der Waals surface area contributed by atoms with Crippen LogP contribution in [-0.4, -0.2) is 23.4 Å². The van der Waals surface area contributed by atoms with E-state index in [9.17, 15) is 0 Å². The molecule has 3 nitrogen and oxygen atoms in total. The van der Waals surface area contributed by atoms with Gasteiger partial charge in [0.05, 0.1) is 21.9 Å². The molecule has 0 spiro atoms. The summed E-state index contributed by atoms with van der Waals surface area (Å²) in [7, 11) is 1.94. The third kappa shape index (κ3) is 1.93. The SMILES string of the molecule is CNCC(C)(C)n1nc(C)c(Cl)c1C. The van der Waals surface area contributed by atoms with Gasteiger partial charge in [-0.25, -0.2) is 0 Å². The number of nitrogens with zero attached hydrogens (tertiary/aromatic N) is 2. The molecule has 0 aliphatic heterocycles. The summed E-state index contributed by atoms with van der Waals surface area (Å²) in [5.74, 6) is 0. The van der Waals surface area contributed by atoms with Crippen LogP contribution in [0.4, 0.5) is 0 Å². The molecule has 0 radical (unpaired) electrons. The lowest BCUT2D eigenvalue weighted by Crippen LogP contribution is -2.38. The molecule has 1 heterocycles. The van der Waals surface area contributed by atoms with Crippen molar-refractivity contribution in [3.05, 3.63) is 16.4 Å². The molecule has 14 heavy (non-hydrogen) atoms. The number of rotatable bonds is 3. The molecule has 80 valence electrons. The zero-order valence-electron chi connectivity index (χ0n) is 9.48. The molecule has 1 N–H and O–H groups in total. The van der Waals surface area contributed by atoms with Crippen molar-refractivity contribution in [1.82, 2.24) is 15.1 Å². The third-order valence-corrected chi connectivity index (χ3v) is 2.93. The molecule has 0 aromatic carbocycles.